The van der Waals surface area contributed by atoms with Crippen molar-refractivity contribution in [3.63, 3.8) is 0 Å². The van der Waals surface area contributed by atoms with Crippen molar-refractivity contribution in [3.05, 3.63) is 88.0 Å². The van der Waals surface area contributed by atoms with Crippen molar-refractivity contribution in [2.75, 3.05) is 0 Å². The fraction of sp³-hybridized carbons (Fsp3) is 0.611. The molecule has 3 aromatic carbocycles. The molecule has 63 heavy (non-hydrogen) atoms. The van der Waals surface area contributed by atoms with Gasteiger partial charge in [0.1, 0.15) is 35.7 Å². The zero-order valence-electron chi connectivity index (χ0n) is 41.8. The maximum Gasteiger partial charge on any atom is 0.171 e. The van der Waals surface area contributed by atoms with Gasteiger partial charge in [0.15, 0.2) is 17.3 Å². The predicted octanol–water partition coefficient (Wildman–Crippen LogP) is 11.1. The predicted molar refractivity (Wildman–Crippen MR) is 257 cm³/mol. The fourth-order valence-electron chi connectivity index (χ4n) is 8.84. The van der Waals surface area contributed by atoms with Gasteiger partial charge < -0.3 is 15.3 Å². The first-order valence-electron chi connectivity index (χ1n) is 22.9. The highest BCUT2D eigenvalue weighted by Crippen LogP contribution is 2.42. The molecule has 0 spiro atoms. The Morgan fingerprint density at radius 3 is 0.794 bits per heavy atom. The Morgan fingerprint density at radius 2 is 0.619 bits per heavy atom. The topological polar surface area (TPSA) is 148 Å². The average molecular weight is 868 g/mol. The third-order valence-corrected chi connectivity index (χ3v) is 12.0. The molecule has 0 aliphatic carbocycles. The smallest absolute Gasteiger partial charge is 0.171 e. The molecule has 0 saturated carbocycles. The van der Waals surface area contributed by atoms with Crippen LogP contribution in [-0.2, 0) is 30.6 Å². The molecule has 1 saturated heterocycles. The Hall–Kier alpha value is -4.05. The standard InChI is InChI=1S/C54H81N3O6/c1-49(2,3)28-34(31-19-22-40(58)37(25-31)52(10,11)12)43(61)46-55-47(44(62)35(29-50(4,5)6)32-20-23-41(59)38(26-32)53(13,14)15)57-48(56-46)45(63)36(30-51(7,8)9)33-21-24-42(60)39(27-33)54(16,17)18/h19-27,34-36,46-48,55-60H,28-30H2,1-18H3. The molecule has 1 aliphatic heterocycles. The summed E-state index contributed by atoms with van der Waals surface area (Å²) in [5.74, 6) is -2.15. The van der Waals surface area contributed by atoms with Gasteiger partial charge in [-0.25, -0.2) is 0 Å². The van der Waals surface area contributed by atoms with E-state index in [1.54, 1.807) is 36.4 Å². The molecule has 1 fully saturated rings. The van der Waals surface area contributed by atoms with Crippen LogP contribution in [0.25, 0.3) is 0 Å². The van der Waals surface area contributed by atoms with Gasteiger partial charge in [-0.2, -0.15) is 0 Å². The number of phenolic OH excluding ortho intramolecular Hbond substituents is 3. The lowest BCUT2D eigenvalue weighted by Gasteiger charge is -2.41. The number of carbonyl (C=O) groups is 3. The maximum atomic E-state index is 15.4. The van der Waals surface area contributed by atoms with Gasteiger partial charge in [-0.1, -0.05) is 161 Å². The normalized spacial score (nSPS) is 19.6. The molecule has 6 N–H and O–H groups in total. The molecule has 0 amide bonds. The first-order valence-corrected chi connectivity index (χ1v) is 22.9. The summed E-state index contributed by atoms with van der Waals surface area (Å²) in [6, 6.07) is 16.1. The van der Waals surface area contributed by atoms with Gasteiger partial charge in [0.05, 0.1) is 0 Å². The highest BCUT2D eigenvalue weighted by atomic mass is 16.3. The van der Waals surface area contributed by atoms with Crippen LogP contribution in [0.1, 0.15) is 195 Å². The summed E-state index contributed by atoms with van der Waals surface area (Å²) in [5, 5.41) is 43.0. The number of hydrogen-bond acceptors (Lipinski definition) is 9. The number of ketones is 3. The van der Waals surface area contributed by atoms with Crippen molar-refractivity contribution >= 4 is 17.3 Å². The highest BCUT2D eigenvalue weighted by molar-refractivity contribution is 5.97. The van der Waals surface area contributed by atoms with Gasteiger partial charge in [-0.3, -0.25) is 30.3 Å². The van der Waals surface area contributed by atoms with E-state index in [1.165, 1.54) is 0 Å². The monoisotopic (exact) mass is 868 g/mol. The van der Waals surface area contributed by atoms with Gasteiger partial charge in [0.2, 0.25) is 0 Å². The van der Waals surface area contributed by atoms with Crippen LogP contribution in [0.5, 0.6) is 17.2 Å². The molecule has 348 valence electrons. The Labute approximate surface area is 379 Å². The lowest BCUT2D eigenvalue weighted by Crippen LogP contribution is -2.74. The quantitative estimate of drug-likeness (QED) is 0.105. The van der Waals surface area contributed by atoms with E-state index in [0.717, 1.165) is 33.4 Å². The van der Waals surface area contributed by atoms with Crippen molar-refractivity contribution in [2.45, 2.75) is 196 Å². The molecule has 9 heteroatoms. The Bertz CT molecular complexity index is 1880. The third-order valence-electron chi connectivity index (χ3n) is 12.0. The molecule has 9 nitrogen and oxygen atoms in total. The van der Waals surface area contributed by atoms with Gasteiger partial charge in [0.25, 0.3) is 0 Å². The lowest BCUT2D eigenvalue weighted by molar-refractivity contribution is -0.133. The van der Waals surface area contributed by atoms with Gasteiger partial charge in [-0.15, -0.1) is 0 Å². The van der Waals surface area contributed by atoms with Crippen LogP contribution in [0.4, 0.5) is 0 Å². The second kappa shape index (κ2) is 18.4. The zero-order valence-corrected chi connectivity index (χ0v) is 41.8. The van der Waals surface area contributed by atoms with Crippen LogP contribution < -0.4 is 16.0 Å². The summed E-state index contributed by atoms with van der Waals surface area (Å²) < 4.78 is 0. The maximum absolute atomic E-state index is 15.4. The highest BCUT2D eigenvalue weighted by Gasteiger charge is 2.45. The van der Waals surface area contributed by atoms with Crippen molar-refractivity contribution < 1.29 is 29.7 Å². The van der Waals surface area contributed by atoms with Gasteiger partial charge in [-0.05, 0) is 103 Å². The molecular formula is C54H81N3O6. The summed E-state index contributed by atoms with van der Waals surface area (Å²) in [6.07, 6.45) is -1.95. The third kappa shape index (κ3) is 13.5. The minimum Gasteiger partial charge on any atom is -0.508 e. The minimum absolute atomic E-state index is 0.158. The lowest BCUT2D eigenvalue weighted by atomic mass is 9.75. The zero-order chi connectivity index (χ0) is 48.0. The van der Waals surface area contributed by atoms with Crippen LogP contribution in [0.15, 0.2) is 54.6 Å². The number of Topliss-reactive ketones (excluding diaryl/α,β-unsaturated/α-hetero) is 3. The second-order valence-corrected chi connectivity index (χ2v) is 25.0. The second-order valence-electron chi connectivity index (χ2n) is 25.0. The Balaban J connectivity index is 1.94. The summed E-state index contributed by atoms with van der Waals surface area (Å²) in [4.78, 5) is 46.2. The number of nitrogens with one attached hydrogen (secondary N) is 3. The molecule has 1 aliphatic rings. The molecule has 0 bridgehead atoms. The number of rotatable bonds is 12. The molecule has 1 heterocycles. The van der Waals surface area contributed by atoms with Crippen LogP contribution >= 0.6 is 0 Å². The van der Waals surface area contributed by atoms with Crippen molar-refractivity contribution in [2.24, 2.45) is 16.2 Å². The first-order chi connectivity index (χ1) is 28.5. The van der Waals surface area contributed by atoms with E-state index in [4.69, 9.17) is 0 Å². The van der Waals surface area contributed by atoms with Crippen LogP contribution in [-0.4, -0.2) is 51.2 Å². The number of benzene rings is 3. The van der Waals surface area contributed by atoms with E-state index >= 15 is 14.4 Å². The summed E-state index contributed by atoms with van der Waals surface area (Å²) >= 11 is 0. The molecule has 3 unspecified atom stereocenters. The van der Waals surface area contributed by atoms with E-state index in [-0.39, 0.29) is 50.8 Å². The van der Waals surface area contributed by atoms with E-state index in [1.807, 2.05) is 80.5 Å². The summed E-state index contributed by atoms with van der Waals surface area (Å²) in [7, 11) is 0. The SMILES string of the molecule is CC(C)(C)CC(C(=O)C1NC(C(=O)C(CC(C)(C)C)c2ccc(O)c(C(C)(C)C)c2)NC(C(=O)C(CC(C)(C)C)c2ccc(O)c(C(C)(C)C)c2)N1)c1ccc(O)c(C(C)(C)C)c1. The van der Waals surface area contributed by atoms with Gasteiger partial charge >= 0.3 is 0 Å². The molecule has 3 atom stereocenters. The van der Waals surface area contributed by atoms with E-state index < -0.39 is 52.5 Å². The molecule has 0 aromatic heterocycles. The van der Waals surface area contributed by atoms with E-state index in [0.29, 0.717) is 19.3 Å². The van der Waals surface area contributed by atoms with Crippen LogP contribution in [0, 0.1) is 16.2 Å². The van der Waals surface area contributed by atoms with Gasteiger partial charge in [0, 0.05) is 17.8 Å². The average Bonchev–Trinajstić information content (AvgIpc) is 3.12. The summed E-state index contributed by atoms with van der Waals surface area (Å²) in [5.41, 5.74) is 2.34. The van der Waals surface area contributed by atoms with E-state index in [9.17, 15) is 15.3 Å². The molecule has 0 radical (unpaired) electrons. The Morgan fingerprint density at radius 1 is 0.413 bits per heavy atom. The first kappa shape index (κ1) is 51.6. The van der Waals surface area contributed by atoms with E-state index in [2.05, 4.69) is 78.3 Å². The molecule has 4 rings (SSSR count). The Kier molecular flexibility index (Phi) is 15.1. The largest absolute Gasteiger partial charge is 0.508 e. The van der Waals surface area contributed by atoms with Crippen molar-refractivity contribution in [3.8, 4) is 17.2 Å². The molecule has 3 aromatic rings. The number of aromatic hydroxyl groups is 3. The van der Waals surface area contributed by atoms with Crippen LogP contribution in [0.2, 0.25) is 0 Å². The van der Waals surface area contributed by atoms with Crippen molar-refractivity contribution in [1.82, 2.24) is 16.0 Å². The molecular weight excluding hydrogens is 787 g/mol. The van der Waals surface area contributed by atoms with Crippen molar-refractivity contribution in [1.29, 1.82) is 0 Å². The summed E-state index contributed by atoms with van der Waals surface area (Å²) in [6.45, 7) is 37.0. The fourth-order valence-corrected chi connectivity index (χ4v) is 8.84. The number of hydrogen-bond donors (Lipinski definition) is 6. The minimum atomic E-state index is -1.12. The number of phenols is 3. The van der Waals surface area contributed by atoms with Crippen LogP contribution in [0.3, 0.4) is 0 Å². The number of carbonyl (C=O) groups excluding carboxylic acids is 3.